The molecule has 2 fully saturated rings. The molecule has 0 radical (unpaired) electrons. The highest BCUT2D eigenvalue weighted by Crippen LogP contribution is 2.39. The van der Waals surface area contributed by atoms with Gasteiger partial charge in [-0.05, 0) is 38.6 Å². The molecule has 0 bridgehead atoms. The molecule has 0 aromatic carbocycles. The van der Waals surface area contributed by atoms with E-state index in [-0.39, 0.29) is 30.7 Å². The van der Waals surface area contributed by atoms with E-state index < -0.39 is 12.1 Å². The summed E-state index contributed by atoms with van der Waals surface area (Å²) >= 11 is 0. The van der Waals surface area contributed by atoms with Crippen LogP contribution in [0, 0.1) is 11.8 Å². The first-order chi connectivity index (χ1) is 8.47. The van der Waals surface area contributed by atoms with Crippen LogP contribution in [0.5, 0.6) is 0 Å². The van der Waals surface area contributed by atoms with Gasteiger partial charge in [-0.2, -0.15) is 13.2 Å². The molecule has 18 heavy (non-hydrogen) atoms. The minimum absolute atomic E-state index is 0.0654. The van der Waals surface area contributed by atoms with E-state index in [9.17, 15) is 18.0 Å². The summed E-state index contributed by atoms with van der Waals surface area (Å²) in [6, 6.07) is 0.151. The Morgan fingerprint density at radius 2 is 1.78 bits per heavy atom. The third-order valence-corrected chi connectivity index (χ3v) is 3.97. The summed E-state index contributed by atoms with van der Waals surface area (Å²) in [6.07, 6.45) is -2.30. The Hall–Kier alpha value is -0.780. The fourth-order valence-electron chi connectivity index (χ4n) is 2.78. The van der Waals surface area contributed by atoms with Crippen molar-refractivity contribution in [3.63, 3.8) is 0 Å². The maximum Gasteiger partial charge on any atom is 0.391 e. The summed E-state index contributed by atoms with van der Waals surface area (Å²) < 4.78 is 37.5. The maximum atomic E-state index is 12.5. The van der Waals surface area contributed by atoms with Crippen molar-refractivity contribution in [1.29, 1.82) is 0 Å². The first-order valence-electron chi connectivity index (χ1n) is 6.54. The number of hydrogen-bond acceptors (Lipinski definition) is 2. The average Bonchev–Trinajstić information content (AvgIpc) is 2.81. The SMILES string of the molecule is O=C(N[C@H]1CCNC1)C1CCC(C(F)(F)F)CC1. The van der Waals surface area contributed by atoms with Crippen molar-refractivity contribution >= 4 is 5.91 Å². The van der Waals surface area contributed by atoms with Gasteiger partial charge in [0.05, 0.1) is 5.92 Å². The Bertz CT molecular complexity index is 292. The third-order valence-electron chi connectivity index (χ3n) is 3.97. The molecular weight excluding hydrogens is 245 g/mol. The second-order valence-electron chi connectivity index (χ2n) is 5.29. The van der Waals surface area contributed by atoms with Gasteiger partial charge in [0.15, 0.2) is 0 Å². The first kappa shape index (κ1) is 13.6. The molecular formula is C12H19F3N2O. The standard InChI is InChI=1S/C12H19F3N2O/c13-12(14,15)9-3-1-8(2-4-9)11(18)17-10-5-6-16-7-10/h8-10,16H,1-7H2,(H,17,18)/t8?,9?,10-/m0/s1. The summed E-state index contributed by atoms with van der Waals surface area (Å²) in [6.45, 7) is 1.66. The van der Waals surface area contributed by atoms with E-state index >= 15 is 0 Å². The topological polar surface area (TPSA) is 41.1 Å². The zero-order valence-corrected chi connectivity index (χ0v) is 10.2. The predicted molar refractivity (Wildman–Crippen MR) is 60.9 cm³/mol. The number of halogens is 3. The minimum atomic E-state index is -4.10. The molecule has 1 saturated heterocycles. The molecule has 2 rings (SSSR count). The number of carbonyl (C=O) groups is 1. The molecule has 2 aliphatic rings. The Balaban J connectivity index is 1.76. The Labute approximate surface area is 104 Å². The van der Waals surface area contributed by atoms with Gasteiger partial charge in [-0.25, -0.2) is 0 Å². The van der Waals surface area contributed by atoms with E-state index in [4.69, 9.17) is 0 Å². The van der Waals surface area contributed by atoms with Crippen LogP contribution in [-0.4, -0.2) is 31.2 Å². The number of carbonyl (C=O) groups excluding carboxylic acids is 1. The van der Waals surface area contributed by atoms with Crippen LogP contribution in [0.3, 0.4) is 0 Å². The van der Waals surface area contributed by atoms with Gasteiger partial charge in [0.1, 0.15) is 0 Å². The van der Waals surface area contributed by atoms with Gasteiger partial charge in [0.2, 0.25) is 5.91 Å². The molecule has 1 saturated carbocycles. The fraction of sp³-hybridized carbons (Fsp3) is 0.917. The van der Waals surface area contributed by atoms with Gasteiger partial charge in [0.25, 0.3) is 0 Å². The molecule has 0 aromatic rings. The van der Waals surface area contributed by atoms with Crippen molar-refractivity contribution in [2.24, 2.45) is 11.8 Å². The van der Waals surface area contributed by atoms with Gasteiger partial charge >= 0.3 is 6.18 Å². The molecule has 0 spiro atoms. The zero-order valence-electron chi connectivity index (χ0n) is 10.2. The van der Waals surface area contributed by atoms with Gasteiger partial charge in [-0.15, -0.1) is 0 Å². The van der Waals surface area contributed by atoms with E-state index in [2.05, 4.69) is 10.6 Å². The Morgan fingerprint density at radius 3 is 2.28 bits per heavy atom. The van der Waals surface area contributed by atoms with E-state index in [0.717, 1.165) is 19.5 Å². The summed E-state index contributed by atoms with van der Waals surface area (Å²) in [7, 11) is 0. The van der Waals surface area contributed by atoms with E-state index in [1.807, 2.05) is 0 Å². The summed E-state index contributed by atoms with van der Waals surface area (Å²) in [5, 5.41) is 6.06. The second-order valence-corrected chi connectivity index (χ2v) is 5.29. The van der Waals surface area contributed by atoms with Crippen molar-refractivity contribution in [3.8, 4) is 0 Å². The number of rotatable bonds is 2. The lowest BCUT2D eigenvalue weighted by molar-refractivity contribution is -0.184. The highest BCUT2D eigenvalue weighted by atomic mass is 19.4. The molecule has 3 nitrogen and oxygen atoms in total. The first-order valence-corrected chi connectivity index (χ1v) is 6.54. The molecule has 6 heteroatoms. The van der Waals surface area contributed by atoms with E-state index in [1.165, 1.54) is 0 Å². The maximum absolute atomic E-state index is 12.5. The van der Waals surface area contributed by atoms with Crippen LogP contribution < -0.4 is 10.6 Å². The second kappa shape index (κ2) is 5.47. The number of nitrogens with one attached hydrogen (secondary N) is 2. The van der Waals surface area contributed by atoms with Gasteiger partial charge < -0.3 is 10.6 Å². The lowest BCUT2D eigenvalue weighted by Gasteiger charge is -2.29. The van der Waals surface area contributed by atoms with Crippen molar-refractivity contribution in [1.82, 2.24) is 10.6 Å². The predicted octanol–water partition coefficient (Wildman–Crippen LogP) is 1.83. The fourth-order valence-corrected chi connectivity index (χ4v) is 2.78. The van der Waals surface area contributed by atoms with Gasteiger partial charge in [-0.3, -0.25) is 4.79 Å². The number of alkyl halides is 3. The largest absolute Gasteiger partial charge is 0.391 e. The van der Waals surface area contributed by atoms with E-state index in [0.29, 0.717) is 12.8 Å². The molecule has 1 aliphatic heterocycles. The molecule has 1 aliphatic carbocycles. The monoisotopic (exact) mass is 264 g/mol. The smallest absolute Gasteiger partial charge is 0.352 e. The van der Waals surface area contributed by atoms with Crippen LogP contribution in [-0.2, 0) is 4.79 Å². The molecule has 1 amide bonds. The highest BCUT2D eigenvalue weighted by Gasteiger charge is 2.42. The zero-order chi connectivity index (χ0) is 13.2. The van der Waals surface area contributed by atoms with Crippen LogP contribution in [0.15, 0.2) is 0 Å². The summed E-state index contributed by atoms with van der Waals surface area (Å²) in [4.78, 5) is 11.9. The Morgan fingerprint density at radius 1 is 1.11 bits per heavy atom. The molecule has 1 atom stereocenters. The molecule has 0 unspecified atom stereocenters. The Kier molecular flexibility index (Phi) is 4.14. The van der Waals surface area contributed by atoms with Gasteiger partial charge in [0, 0.05) is 18.5 Å². The van der Waals surface area contributed by atoms with Gasteiger partial charge in [-0.1, -0.05) is 0 Å². The van der Waals surface area contributed by atoms with Crippen LogP contribution in [0.25, 0.3) is 0 Å². The third kappa shape index (κ3) is 3.37. The molecule has 1 heterocycles. The normalized spacial score (nSPS) is 33.4. The van der Waals surface area contributed by atoms with Crippen molar-refractivity contribution in [2.75, 3.05) is 13.1 Å². The molecule has 2 N–H and O–H groups in total. The van der Waals surface area contributed by atoms with Crippen molar-refractivity contribution in [3.05, 3.63) is 0 Å². The number of hydrogen-bond donors (Lipinski definition) is 2. The van der Waals surface area contributed by atoms with Crippen LogP contribution >= 0.6 is 0 Å². The lowest BCUT2D eigenvalue weighted by atomic mass is 9.81. The van der Waals surface area contributed by atoms with Crippen LogP contribution in [0.1, 0.15) is 32.1 Å². The average molecular weight is 264 g/mol. The molecule has 104 valence electrons. The van der Waals surface area contributed by atoms with Crippen LogP contribution in [0.4, 0.5) is 13.2 Å². The summed E-state index contributed by atoms with van der Waals surface area (Å²) in [5.74, 6) is -1.51. The quantitative estimate of drug-likeness (QED) is 0.799. The lowest BCUT2D eigenvalue weighted by Crippen LogP contribution is -2.42. The van der Waals surface area contributed by atoms with Crippen molar-refractivity contribution in [2.45, 2.75) is 44.3 Å². The molecule has 0 aromatic heterocycles. The summed E-state index contributed by atoms with van der Waals surface area (Å²) in [5.41, 5.74) is 0. The van der Waals surface area contributed by atoms with E-state index in [1.54, 1.807) is 0 Å². The minimum Gasteiger partial charge on any atom is -0.352 e. The number of amides is 1. The van der Waals surface area contributed by atoms with Crippen molar-refractivity contribution < 1.29 is 18.0 Å². The highest BCUT2D eigenvalue weighted by molar-refractivity contribution is 5.79. The van der Waals surface area contributed by atoms with Crippen LogP contribution in [0.2, 0.25) is 0 Å².